The molecule has 0 saturated carbocycles. The molecule has 0 heterocycles. The number of hydrogen-bond donors (Lipinski definition) is 3. The molecule has 0 aromatic heterocycles. The molecule has 0 aliphatic heterocycles. The predicted molar refractivity (Wildman–Crippen MR) is 125 cm³/mol. The molecular formula is C23H25ClN2O5S. The van der Waals surface area contributed by atoms with Gasteiger partial charge in [0.1, 0.15) is 18.4 Å². The molecule has 3 aromatic carbocycles. The van der Waals surface area contributed by atoms with Crippen LogP contribution in [0.5, 0.6) is 5.75 Å². The van der Waals surface area contributed by atoms with Gasteiger partial charge in [-0.25, -0.2) is 0 Å². The summed E-state index contributed by atoms with van der Waals surface area (Å²) in [5, 5.41) is 3.90. The third-order valence-electron chi connectivity index (χ3n) is 4.15. The summed E-state index contributed by atoms with van der Waals surface area (Å²) in [6.45, 7) is 0.979. The Kier molecular flexibility index (Phi) is 9.67. The number of hydrogen-bond acceptors (Lipinski definition) is 5. The second kappa shape index (κ2) is 12.2. The van der Waals surface area contributed by atoms with E-state index in [4.69, 9.17) is 26.6 Å². The molecule has 170 valence electrons. The van der Waals surface area contributed by atoms with E-state index in [1.165, 1.54) is 0 Å². The normalized spacial score (nSPS) is 11.7. The van der Waals surface area contributed by atoms with Gasteiger partial charge in [-0.2, -0.15) is 8.42 Å². The molecule has 0 saturated heterocycles. The molecule has 0 aliphatic carbocycles. The van der Waals surface area contributed by atoms with E-state index in [1.807, 2.05) is 78.9 Å². The number of primary amides is 1. The number of carbonyl (C=O) groups is 1. The number of halogens is 1. The zero-order valence-corrected chi connectivity index (χ0v) is 19.0. The first-order valence-electron chi connectivity index (χ1n) is 9.58. The van der Waals surface area contributed by atoms with E-state index in [0.29, 0.717) is 24.4 Å². The molecule has 1 atom stereocenters. The first-order chi connectivity index (χ1) is 15.1. The van der Waals surface area contributed by atoms with Gasteiger partial charge in [0, 0.05) is 11.6 Å². The van der Waals surface area contributed by atoms with E-state index < -0.39 is 22.1 Å². The average molecular weight is 477 g/mol. The van der Waals surface area contributed by atoms with Gasteiger partial charge in [0.05, 0.1) is 6.26 Å². The summed E-state index contributed by atoms with van der Waals surface area (Å²) in [6.07, 6.45) is 0.715. The maximum Gasteiger partial charge on any atom is 0.261 e. The van der Waals surface area contributed by atoms with Crippen molar-refractivity contribution in [1.82, 2.24) is 5.32 Å². The van der Waals surface area contributed by atoms with Crippen molar-refractivity contribution in [3.05, 3.63) is 101 Å². The van der Waals surface area contributed by atoms with Crippen LogP contribution in [0.1, 0.15) is 22.7 Å². The van der Waals surface area contributed by atoms with Crippen LogP contribution in [-0.2, 0) is 28.1 Å². The Labute approximate surface area is 192 Å². The lowest BCUT2D eigenvalue weighted by Gasteiger charge is -2.16. The van der Waals surface area contributed by atoms with E-state index in [0.717, 1.165) is 22.4 Å². The minimum Gasteiger partial charge on any atom is -0.489 e. The van der Waals surface area contributed by atoms with E-state index in [-0.39, 0.29) is 0 Å². The summed E-state index contributed by atoms with van der Waals surface area (Å²) in [5.41, 5.74) is 8.43. The van der Waals surface area contributed by atoms with Crippen LogP contribution in [0.3, 0.4) is 0 Å². The van der Waals surface area contributed by atoms with E-state index in [9.17, 15) is 13.2 Å². The van der Waals surface area contributed by atoms with Gasteiger partial charge >= 0.3 is 0 Å². The van der Waals surface area contributed by atoms with Gasteiger partial charge in [-0.1, -0.05) is 66.2 Å². The molecular weight excluding hydrogens is 452 g/mol. The van der Waals surface area contributed by atoms with E-state index in [1.54, 1.807) is 0 Å². The number of nitrogens with two attached hydrogens (primary N) is 1. The van der Waals surface area contributed by atoms with E-state index in [2.05, 4.69) is 5.32 Å². The van der Waals surface area contributed by atoms with Crippen LogP contribution >= 0.6 is 11.6 Å². The van der Waals surface area contributed by atoms with Gasteiger partial charge in [-0.15, -0.1) is 0 Å². The highest BCUT2D eigenvalue weighted by atomic mass is 35.5. The molecule has 1 unspecified atom stereocenters. The third-order valence-corrected chi connectivity index (χ3v) is 4.38. The minimum atomic E-state index is -3.67. The van der Waals surface area contributed by atoms with Crippen molar-refractivity contribution in [3.8, 4) is 5.75 Å². The second-order valence-electron chi connectivity index (χ2n) is 6.92. The topological polar surface area (TPSA) is 119 Å². The standard InChI is InChI=1S/C22H21ClN2O2.CH4O3S/c23-19-8-4-5-17(13-19)15-27-20-11-9-16(10-12-20)14-25-21(22(24)26)18-6-2-1-3-7-18;1-5(2,3)4/h1-13,21,25H,14-15H2,(H2,24,26);1H3,(H,2,3,4). The SMILES string of the molecule is CS(=O)(=O)O.NC(=O)C(NCc1ccc(OCc2cccc(Cl)c2)cc1)c1ccccc1. The molecule has 1 amide bonds. The monoisotopic (exact) mass is 476 g/mol. The summed E-state index contributed by atoms with van der Waals surface area (Å²) >= 11 is 5.98. The Morgan fingerprint density at radius 2 is 1.66 bits per heavy atom. The summed E-state index contributed by atoms with van der Waals surface area (Å²) in [4.78, 5) is 11.7. The van der Waals surface area contributed by atoms with Crippen molar-refractivity contribution >= 4 is 27.6 Å². The van der Waals surface area contributed by atoms with E-state index >= 15 is 0 Å². The van der Waals surface area contributed by atoms with Gasteiger partial charge in [-0.3, -0.25) is 14.7 Å². The zero-order valence-electron chi connectivity index (χ0n) is 17.4. The molecule has 0 bridgehead atoms. The molecule has 4 N–H and O–H groups in total. The molecule has 3 aromatic rings. The lowest BCUT2D eigenvalue weighted by molar-refractivity contribution is -0.120. The largest absolute Gasteiger partial charge is 0.489 e. The Hall–Kier alpha value is -2.91. The molecule has 7 nitrogen and oxygen atoms in total. The van der Waals surface area contributed by atoms with Gasteiger partial charge in [0.2, 0.25) is 5.91 Å². The minimum absolute atomic E-state index is 0.400. The van der Waals surface area contributed by atoms with Crippen molar-refractivity contribution in [3.63, 3.8) is 0 Å². The molecule has 3 rings (SSSR count). The Balaban J connectivity index is 0.000000654. The van der Waals surface area contributed by atoms with Crippen LogP contribution in [0.4, 0.5) is 0 Å². The van der Waals surface area contributed by atoms with Crippen LogP contribution in [0, 0.1) is 0 Å². The fraction of sp³-hybridized carbons (Fsp3) is 0.174. The molecule has 0 aliphatic rings. The lowest BCUT2D eigenvalue weighted by atomic mass is 10.1. The Morgan fingerprint density at radius 1 is 1.03 bits per heavy atom. The van der Waals surface area contributed by atoms with Crippen LogP contribution in [-0.4, -0.2) is 25.1 Å². The molecule has 32 heavy (non-hydrogen) atoms. The average Bonchev–Trinajstić information content (AvgIpc) is 2.73. The summed E-state index contributed by atoms with van der Waals surface area (Å²) in [5.74, 6) is 0.371. The maximum atomic E-state index is 11.7. The smallest absolute Gasteiger partial charge is 0.261 e. The van der Waals surface area contributed by atoms with Crippen molar-refractivity contribution in [2.45, 2.75) is 19.2 Å². The quantitative estimate of drug-likeness (QED) is 0.426. The summed E-state index contributed by atoms with van der Waals surface area (Å²) in [7, 11) is -3.67. The summed E-state index contributed by atoms with van der Waals surface area (Å²) in [6, 6.07) is 24.3. The zero-order chi connectivity index (χ0) is 23.6. The predicted octanol–water partition coefficient (Wildman–Crippen LogP) is 3.74. The highest BCUT2D eigenvalue weighted by Crippen LogP contribution is 2.17. The van der Waals surface area contributed by atoms with Gasteiger partial charge < -0.3 is 10.5 Å². The number of ether oxygens (including phenoxy) is 1. The number of benzene rings is 3. The Bertz CT molecular complexity index is 1100. The maximum absolute atomic E-state index is 11.7. The van der Waals surface area contributed by atoms with Crippen LogP contribution in [0.15, 0.2) is 78.9 Å². The van der Waals surface area contributed by atoms with Gasteiger partial charge in [0.25, 0.3) is 10.1 Å². The number of rotatable bonds is 8. The highest BCUT2D eigenvalue weighted by Gasteiger charge is 2.16. The molecule has 0 radical (unpaired) electrons. The third kappa shape index (κ3) is 9.93. The Morgan fingerprint density at radius 3 is 2.22 bits per heavy atom. The van der Waals surface area contributed by atoms with Crippen molar-refractivity contribution in [2.75, 3.05) is 6.26 Å². The highest BCUT2D eigenvalue weighted by molar-refractivity contribution is 7.85. The van der Waals surface area contributed by atoms with Crippen LogP contribution in [0.2, 0.25) is 5.02 Å². The van der Waals surface area contributed by atoms with Gasteiger partial charge in [0.15, 0.2) is 0 Å². The molecule has 9 heteroatoms. The van der Waals surface area contributed by atoms with Crippen molar-refractivity contribution in [1.29, 1.82) is 0 Å². The second-order valence-corrected chi connectivity index (χ2v) is 8.83. The van der Waals surface area contributed by atoms with Crippen LogP contribution in [0.25, 0.3) is 0 Å². The summed E-state index contributed by atoms with van der Waals surface area (Å²) < 4.78 is 31.7. The number of nitrogens with one attached hydrogen (secondary N) is 1. The van der Waals surface area contributed by atoms with Crippen LogP contribution < -0.4 is 15.8 Å². The fourth-order valence-electron chi connectivity index (χ4n) is 2.75. The molecule has 0 fully saturated rings. The first kappa shape index (κ1) is 25.4. The molecule has 0 spiro atoms. The number of amides is 1. The van der Waals surface area contributed by atoms with Crippen molar-refractivity contribution in [2.24, 2.45) is 5.73 Å². The first-order valence-corrected chi connectivity index (χ1v) is 11.8. The lowest BCUT2D eigenvalue weighted by Crippen LogP contribution is -2.33. The van der Waals surface area contributed by atoms with Crippen molar-refractivity contribution < 1.29 is 22.5 Å². The number of carbonyl (C=O) groups excluding carboxylic acids is 1. The fourth-order valence-corrected chi connectivity index (χ4v) is 2.96. The van der Waals surface area contributed by atoms with Gasteiger partial charge in [-0.05, 0) is 41.0 Å².